The average molecular weight is 216 g/mol. The molecule has 0 aromatic rings. The minimum absolute atomic E-state index is 0.188. The molecule has 0 heterocycles. The first-order valence-corrected chi connectivity index (χ1v) is 4.03. The fourth-order valence-corrected chi connectivity index (χ4v) is 1.04. The lowest BCUT2D eigenvalue weighted by Gasteiger charge is -2.24. The van der Waals surface area contributed by atoms with Crippen molar-refractivity contribution in [3.05, 3.63) is 0 Å². The predicted molar refractivity (Wildman–Crippen MR) is 44.2 cm³/mol. The molecule has 0 aliphatic carbocycles. The number of nitrogens with two attached hydrogens (primary N) is 1. The lowest BCUT2D eigenvalue weighted by atomic mass is 10.1. The second kappa shape index (κ2) is 6.18. The third-order valence-corrected chi connectivity index (χ3v) is 1.75. The van der Waals surface area contributed by atoms with Crippen LogP contribution in [0, 0.1) is 0 Å². The van der Waals surface area contributed by atoms with E-state index in [1.54, 1.807) is 0 Å². The van der Waals surface area contributed by atoms with E-state index < -0.39 is 24.9 Å². The summed E-state index contributed by atoms with van der Waals surface area (Å²) in [5, 5.41) is 0. The largest absolute Gasteiger partial charge is 0.389 e. The maximum Gasteiger partial charge on any atom is 0.389 e. The molecule has 4 nitrogen and oxygen atoms in total. The SMILES string of the molecule is COC(OC)C(CCC(F)(F)F)NN. The summed E-state index contributed by atoms with van der Waals surface area (Å²) in [6.45, 7) is 0. The molecular weight excluding hydrogens is 201 g/mol. The quantitative estimate of drug-likeness (QED) is 0.391. The summed E-state index contributed by atoms with van der Waals surface area (Å²) in [5.74, 6) is 5.08. The Hall–Kier alpha value is -0.370. The number of ether oxygens (including phenoxy) is 2. The highest BCUT2D eigenvalue weighted by molar-refractivity contribution is 4.69. The molecule has 86 valence electrons. The number of hydrogen-bond acceptors (Lipinski definition) is 4. The van der Waals surface area contributed by atoms with Crippen LogP contribution in [0.2, 0.25) is 0 Å². The Bertz CT molecular complexity index is 150. The zero-order chi connectivity index (χ0) is 11.2. The van der Waals surface area contributed by atoms with Gasteiger partial charge in [0.1, 0.15) is 0 Å². The van der Waals surface area contributed by atoms with Crippen LogP contribution in [0.15, 0.2) is 0 Å². The van der Waals surface area contributed by atoms with E-state index in [-0.39, 0.29) is 6.42 Å². The second-order valence-electron chi connectivity index (χ2n) is 2.77. The molecule has 0 spiro atoms. The van der Waals surface area contributed by atoms with Gasteiger partial charge in [0.2, 0.25) is 0 Å². The molecule has 0 saturated carbocycles. The number of halogens is 3. The van der Waals surface area contributed by atoms with E-state index in [9.17, 15) is 13.2 Å². The molecule has 0 aliphatic heterocycles. The van der Waals surface area contributed by atoms with E-state index in [2.05, 4.69) is 5.43 Å². The Kier molecular flexibility index (Phi) is 6.01. The first kappa shape index (κ1) is 13.6. The fourth-order valence-electron chi connectivity index (χ4n) is 1.04. The van der Waals surface area contributed by atoms with E-state index in [1.165, 1.54) is 14.2 Å². The summed E-state index contributed by atoms with van der Waals surface area (Å²) in [6.07, 6.45) is -6.08. The van der Waals surface area contributed by atoms with Crippen molar-refractivity contribution < 1.29 is 22.6 Å². The van der Waals surface area contributed by atoms with Gasteiger partial charge < -0.3 is 9.47 Å². The number of hydrogen-bond donors (Lipinski definition) is 2. The van der Waals surface area contributed by atoms with Gasteiger partial charge in [-0.15, -0.1) is 0 Å². The zero-order valence-corrected chi connectivity index (χ0v) is 8.10. The van der Waals surface area contributed by atoms with Crippen molar-refractivity contribution in [3.63, 3.8) is 0 Å². The molecule has 0 aliphatic rings. The van der Waals surface area contributed by atoms with Crippen molar-refractivity contribution >= 4 is 0 Å². The van der Waals surface area contributed by atoms with Crippen molar-refractivity contribution in [2.75, 3.05) is 14.2 Å². The molecule has 7 heteroatoms. The van der Waals surface area contributed by atoms with Crippen LogP contribution >= 0.6 is 0 Å². The standard InChI is InChI=1S/C7H15F3N2O2/c1-13-6(14-2)5(12-11)3-4-7(8,9)10/h5-6,12H,3-4,11H2,1-2H3. The molecule has 1 atom stereocenters. The number of methoxy groups -OCH3 is 2. The molecule has 0 fully saturated rings. The van der Waals surface area contributed by atoms with Crippen LogP contribution in [-0.4, -0.2) is 32.7 Å². The zero-order valence-electron chi connectivity index (χ0n) is 8.10. The van der Waals surface area contributed by atoms with Gasteiger partial charge in [0, 0.05) is 20.6 Å². The van der Waals surface area contributed by atoms with E-state index in [1.807, 2.05) is 0 Å². The highest BCUT2D eigenvalue weighted by Crippen LogP contribution is 2.23. The summed E-state index contributed by atoms with van der Waals surface area (Å²) in [4.78, 5) is 0. The van der Waals surface area contributed by atoms with Crippen molar-refractivity contribution in [1.82, 2.24) is 5.43 Å². The number of rotatable bonds is 6. The highest BCUT2D eigenvalue weighted by Gasteiger charge is 2.30. The Morgan fingerprint density at radius 1 is 1.29 bits per heavy atom. The summed E-state index contributed by atoms with van der Waals surface area (Å²) in [7, 11) is 2.68. The molecule has 1 unspecified atom stereocenters. The first-order chi connectivity index (χ1) is 6.44. The lowest BCUT2D eigenvalue weighted by molar-refractivity contribution is -0.152. The Morgan fingerprint density at radius 3 is 2.07 bits per heavy atom. The van der Waals surface area contributed by atoms with Gasteiger partial charge in [0.25, 0.3) is 0 Å². The third kappa shape index (κ3) is 5.38. The summed E-state index contributed by atoms with van der Waals surface area (Å²) in [6, 6.07) is -0.674. The minimum Gasteiger partial charge on any atom is -0.354 e. The van der Waals surface area contributed by atoms with Gasteiger partial charge in [-0.25, -0.2) is 0 Å². The van der Waals surface area contributed by atoms with E-state index in [0.717, 1.165) is 0 Å². The van der Waals surface area contributed by atoms with Crippen molar-refractivity contribution in [2.24, 2.45) is 5.84 Å². The van der Waals surface area contributed by atoms with Crippen LogP contribution in [0.3, 0.4) is 0 Å². The number of alkyl halides is 3. The van der Waals surface area contributed by atoms with Gasteiger partial charge in [-0.2, -0.15) is 13.2 Å². The first-order valence-electron chi connectivity index (χ1n) is 4.03. The molecular formula is C7H15F3N2O2. The van der Waals surface area contributed by atoms with Crippen LogP contribution in [0.25, 0.3) is 0 Å². The number of nitrogens with one attached hydrogen (secondary N) is 1. The third-order valence-electron chi connectivity index (χ3n) is 1.75. The molecule has 0 saturated heterocycles. The van der Waals surface area contributed by atoms with Crippen LogP contribution in [0.5, 0.6) is 0 Å². The molecule has 0 aromatic carbocycles. The van der Waals surface area contributed by atoms with Crippen LogP contribution < -0.4 is 11.3 Å². The van der Waals surface area contributed by atoms with Gasteiger partial charge in [0.05, 0.1) is 6.04 Å². The molecule has 0 rings (SSSR count). The van der Waals surface area contributed by atoms with Gasteiger partial charge in [0.15, 0.2) is 6.29 Å². The van der Waals surface area contributed by atoms with Crippen molar-refractivity contribution in [3.8, 4) is 0 Å². The minimum atomic E-state index is -4.19. The predicted octanol–water partition coefficient (Wildman–Crippen LogP) is 0.780. The topological polar surface area (TPSA) is 56.5 Å². The maximum atomic E-state index is 11.9. The van der Waals surface area contributed by atoms with E-state index in [4.69, 9.17) is 15.3 Å². The van der Waals surface area contributed by atoms with Crippen LogP contribution in [0.4, 0.5) is 13.2 Å². The lowest BCUT2D eigenvalue weighted by Crippen LogP contribution is -2.46. The van der Waals surface area contributed by atoms with Gasteiger partial charge in [-0.05, 0) is 6.42 Å². The average Bonchev–Trinajstić information content (AvgIpc) is 2.10. The molecule has 0 aromatic heterocycles. The Labute approximate surface area is 80.5 Å². The summed E-state index contributed by atoms with van der Waals surface area (Å²) < 4.78 is 45.2. The molecule has 14 heavy (non-hydrogen) atoms. The molecule has 0 radical (unpaired) electrons. The van der Waals surface area contributed by atoms with Crippen LogP contribution in [-0.2, 0) is 9.47 Å². The normalized spacial score (nSPS) is 14.8. The Balaban J connectivity index is 4.01. The smallest absolute Gasteiger partial charge is 0.354 e. The molecule has 3 N–H and O–H groups in total. The van der Waals surface area contributed by atoms with E-state index >= 15 is 0 Å². The van der Waals surface area contributed by atoms with Crippen LogP contribution in [0.1, 0.15) is 12.8 Å². The van der Waals surface area contributed by atoms with Crippen molar-refractivity contribution in [2.45, 2.75) is 31.3 Å². The molecule has 0 bridgehead atoms. The summed E-state index contributed by atoms with van der Waals surface area (Å²) >= 11 is 0. The monoisotopic (exact) mass is 216 g/mol. The van der Waals surface area contributed by atoms with Gasteiger partial charge >= 0.3 is 6.18 Å². The Morgan fingerprint density at radius 2 is 1.79 bits per heavy atom. The van der Waals surface area contributed by atoms with Gasteiger partial charge in [-0.3, -0.25) is 11.3 Å². The molecule has 0 amide bonds. The number of hydrazine groups is 1. The van der Waals surface area contributed by atoms with E-state index in [0.29, 0.717) is 0 Å². The maximum absolute atomic E-state index is 11.9. The fraction of sp³-hybridized carbons (Fsp3) is 1.00. The second-order valence-corrected chi connectivity index (χ2v) is 2.77. The van der Waals surface area contributed by atoms with Gasteiger partial charge in [-0.1, -0.05) is 0 Å². The summed E-state index contributed by atoms with van der Waals surface area (Å²) in [5.41, 5.74) is 2.23. The van der Waals surface area contributed by atoms with Crippen molar-refractivity contribution in [1.29, 1.82) is 0 Å². The highest BCUT2D eigenvalue weighted by atomic mass is 19.4.